The molecule has 1 amide bonds. The van der Waals surface area contributed by atoms with Crippen molar-refractivity contribution in [3.05, 3.63) is 62.3 Å². The van der Waals surface area contributed by atoms with Crippen LogP contribution in [-0.2, 0) is 6.54 Å². The Labute approximate surface area is 154 Å². The molecule has 0 saturated heterocycles. The van der Waals surface area contributed by atoms with Crippen molar-refractivity contribution in [2.45, 2.75) is 13.5 Å². The van der Waals surface area contributed by atoms with Crippen LogP contribution in [0.15, 0.2) is 40.5 Å². The Kier molecular flexibility index (Phi) is 5.24. The molecule has 0 radical (unpaired) electrons. The minimum Gasteiger partial charge on any atom is -0.320 e. The number of aromatic nitrogens is 3. The molecule has 3 rings (SSSR count). The molecular formula is C18H19N5O2S. The van der Waals surface area contributed by atoms with Crippen LogP contribution in [0.1, 0.15) is 21.1 Å². The zero-order valence-electron chi connectivity index (χ0n) is 14.7. The molecule has 0 spiro atoms. The Hall–Kier alpha value is -2.84. The quantitative estimate of drug-likeness (QED) is 0.721. The molecule has 0 aliphatic rings. The van der Waals surface area contributed by atoms with Gasteiger partial charge >= 0.3 is 0 Å². The third kappa shape index (κ3) is 4.22. The van der Waals surface area contributed by atoms with Crippen LogP contribution in [0.2, 0.25) is 0 Å². The fraction of sp³-hybridized carbons (Fsp3) is 0.222. The standard InChI is InChI=1S/C18H19N5O2S/c1-11-4-5-12(13-6-7-16(24)22-21-13)8-14(11)20-18(25)15-10-26-17(19-15)9-23(2)3/h4-8,10H,9H2,1-3H3,(H,20,25)(H,22,24). The van der Waals surface area contributed by atoms with Gasteiger partial charge in [-0.3, -0.25) is 9.59 Å². The van der Waals surface area contributed by atoms with Crippen molar-refractivity contribution in [3.63, 3.8) is 0 Å². The summed E-state index contributed by atoms with van der Waals surface area (Å²) < 4.78 is 0. The number of carbonyl (C=O) groups excluding carboxylic acids is 1. The van der Waals surface area contributed by atoms with Gasteiger partial charge in [-0.1, -0.05) is 12.1 Å². The number of hydrogen-bond acceptors (Lipinski definition) is 6. The molecule has 0 unspecified atom stereocenters. The normalized spacial score (nSPS) is 10.9. The first-order valence-corrected chi connectivity index (χ1v) is 8.87. The van der Waals surface area contributed by atoms with Gasteiger partial charge in [-0.25, -0.2) is 10.1 Å². The van der Waals surface area contributed by atoms with Crippen molar-refractivity contribution in [2.75, 3.05) is 19.4 Å². The van der Waals surface area contributed by atoms with Gasteiger partial charge in [0.1, 0.15) is 10.7 Å². The highest BCUT2D eigenvalue weighted by Crippen LogP contribution is 2.24. The van der Waals surface area contributed by atoms with Crippen molar-refractivity contribution >= 4 is 22.9 Å². The highest BCUT2D eigenvalue weighted by atomic mass is 32.1. The second-order valence-electron chi connectivity index (χ2n) is 6.15. The van der Waals surface area contributed by atoms with Gasteiger partial charge in [-0.2, -0.15) is 5.10 Å². The zero-order chi connectivity index (χ0) is 18.7. The van der Waals surface area contributed by atoms with Crippen molar-refractivity contribution in [1.82, 2.24) is 20.1 Å². The minimum absolute atomic E-state index is 0.249. The van der Waals surface area contributed by atoms with E-state index in [1.807, 2.05) is 44.1 Å². The fourth-order valence-corrected chi connectivity index (χ4v) is 3.26. The van der Waals surface area contributed by atoms with Crippen LogP contribution in [0.3, 0.4) is 0 Å². The van der Waals surface area contributed by atoms with Gasteiger partial charge in [-0.15, -0.1) is 11.3 Å². The molecule has 2 heterocycles. The molecule has 0 atom stereocenters. The number of amides is 1. The van der Waals surface area contributed by atoms with E-state index in [9.17, 15) is 9.59 Å². The summed E-state index contributed by atoms with van der Waals surface area (Å²) in [5, 5.41) is 12.0. The van der Waals surface area contributed by atoms with Gasteiger partial charge in [0.25, 0.3) is 11.5 Å². The summed E-state index contributed by atoms with van der Waals surface area (Å²) in [6.45, 7) is 2.61. The van der Waals surface area contributed by atoms with Gasteiger partial charge in [-0.05, 0) is 38.7 Å². The summed E-state index contributed by atoms with van der Waals surface area (Å²) in [6, 6.07) is 8.69. The molecule has 7 nitrogen and oxygen atoms in total. The van der Waals surface area contributed by atoms with Crippen molar-refractivity contribution < 1.29 is 4.79 Å². The number of rotatable bonds is 5. The Balaban J connectivity index is 1.81. The SMILES string of the molecule is Cc1ccc(-c2ccc(=O)[nH]n2)cc1NC(=O)c1csc(CN(C)C)n1. The molecule has 2 N–H and O–H groups in total. The van der Waals surface area contributed by atoms with Crippen LogP contribution < -0.4 is 10.9 Å². The molecule has 0 bridgehead atoms. The van der Waals surface area contributed by atoms with Crippen LogP contribution in [0.25, 0.3) is 11.3 Å². The predicted octanol–water partition coefficient (Wildman–Crippen LogP) is 2.52. The number of aromatic amines is 1. The summed E-state index contributed by atoms with van der Waals surface area (Å²) in [4.78, 5) is 30.1. The number of H-pyrrole nitrogens is 1. The number of nitrogens with one attached hydrogen (secondary N) is 2. The Bertz CT molecular complexity index is 973. The first-order valence-electron chi connectivity index (χ1n) is 7.99. The van der Waals surface area contributed by atoms with Gasteiger partial charge in [0.15, 0.2) is 0 Å². The number of nitrogens with zero attached hydrogens (tertiary/aromatic N) is 3. The Morgan fingerprint density at radius 2 is 2.08 bits per heavy atom. The van der Waals surface area contributed by atoms with Gasteiger partial charge in [0.2, 0.25) is 0 Å². The van der Waals surface area contributed by atoms with E-state index in [0.717, 1.165) is 16.1 Å². The van der Waals surface area contributed by atoms with Crippen LogP contribution in [-0.4, -0.2) is 40.1 Å². The third-order valence-electron chi connectivity index (χ3n) is 3.70. The molecule has 0 saturated carbocycles. The first-order chi connectivity index (χ1) is 12.4. The van der Waals surface area contributed by atoms with Gasteiger partial charge in [0, 0.05) is 29.2 Å². The second-order valence-corrected chi connectivity index (χ2v) is 7.10. The molecule has 8 heteroatoms. The van der Waals surface area contributed by atoms with E-state index < -0.39 is 0 Å². The number of carbonyl (C=O) groups is 1. The molecule has 0 aliphatic heterocycles. The number of benzene rings is 1. The third-order valence-corrected chi connectivity index (χ3v) is 4.53. The Morgan fingerprint density at radius 3 is 2.77 bits per heavy atom. The number of aryl methyl sites for hydroxylation is 1. The van der Waals surface area contributed by atoms with Crippen molar-refractivity contribution in [1.29, 1.82) is 0 Å². The molecular weight excluding hydrogens is 350 g/mol. The van der Waals surface area contributed by atoms with E-state index in [1.165, 1.54) is 17.4 Å². The lowest BCUT2D eigenvalue weighted by Crippen LogP contribution is -2.14. The zero-order valence-corrected chi connectivity index (χ0v) is 15.6. The van der Waals surface area contributed by atoms with E-state index in [1.54, 1.807) is 11.4 Å². The smallest absolute Gasteiger partial charge is 0.275 e. The lowest BCUT2D eigenvalue weighted by atomic mass is 10.1. The highest BCUT2D eigenvalue weighted by Gasteiger charge is 2.13. The van der Waals surface area contributed by atoms with Crippen LogP contribution >= 0.6 is 11.3 Å². The Morgan fingerprint density at radius 1 is 1.27 bits per heavy atom. The van der Waals surface area contributed by atoms with Gasteiger partial charge < -0.3 is 10.2 Å². The number of thiazole rings is 1. The minimum atomic E-state index is -0.258. The average Bonchev–Trinajstić information content (AvgIpc) is 3.05. The lowest BCUT2D eigenvalue weighted by Gasteiger charge is -2.09. The van der Waals surface area contributed by atoms with E-state index in [-0.39, 0.29) is 11.5 Å². The summed E-state index contributed by atoms with van der Waals surface area (Å²) in [6.07, 6.45) is 0. The summed E-state index contributed by atoms with van der Waals surface area (Å²) in [7, 11) is 3.92. The molecule has 2 aromatic heterocycles. The predicted molar refractivity (Wildman–Crippen MR) is 102 cm³/mol. The van der Waals surface area contributed by atoms with Crippen molar-refractivity contribution in [2.24, 2.45) is 0 Å². The molecule has 3 aromatic rings. The van der Waals surface area contributed by atoms with Gasteiger partial charge in [0.05, 0.1) is 5.69 Å². The largest absolute Gasteiger partial charge is 0.320 e. The summed E-state index contributed by atoms with van der Waals surface area (Å²) in [5.41, 5.74) is 3.18. The molecule has 1 aromatic carbocycles. The first kappa shape index (κ1) is 18.0. The van der Waals surface area contributed by atoms with Crippen LogP contribution in [0.4, 0.5) is 5.69 Å². The van der Waals surface area contributed by atoms with Crippen molar-refractivity contribution in [3.8, 4) is 11.3 Å². The number of anilines is 1. The molecule has 134 valence electrons. The topological polar surface area (TPSA) is 91.0 Å². The monoisotopic (exact) mass is 369 g/mol. The maximum absolute atomic E-state index is 12.5. The average molecular weight is 369 g/mol. The van der Waals surface area contributed by atoms with Crippen LogP contribution in [0.5, 0.6) is 0 Å². The van der Waals surface area contributed by atoms with E-state index >= 15 is 0 Å². The van der Waals surface area contributed by atoms with E-state index in [2.05, 4.69) is 20.5 Å². The highest BCUT2D eigenvalue weighted by molar-refractivity contribution is 7.09. The second kappa shape index (κ2) is 7.59. The van der Waals surface area contributed by atoms with E-state index in [4.69, 9.17) is 0 Å². The van der Waals surface area contributed by atoms with Crippen LogP contribution in [0, 0.1) is 6.92 Å². The summed E-state index contributed by atoms with van der Waals surface area (Å²) >= 11 is 1.46. The van der Waals surface area contributed by atoms with E-state index in [0.29, 0.717) is 23.6 Å². The molecule has 0 aliphatic carbocycles. The molecule has 26 heavy (non-hydrogen) atoms. The lowest BCUT2D eigenvalue weighted by molar-refractivity contribution is 0.102. The molecule has 0 fully saturated rings. The summed E-state index contributed by atoms with van der Waals surface area (Å²) in [5.74, 6) is -0.249. The number of hydrogen-bond donors (Lipinski definition) is 2. The maximum Gasteiger partial charge on any atom is 0.275 e. The fourth-order valence-electron chi connectivity index (χ4n) is 2.37. The maximum atomic E-state index is 12.5.